The molecule has 0 spiro atoms. The Bertz CT molecular complexity index is 472. The van der Waals surface area contributed by atoms with Crippen molar-refractivity contribution in [3.05, 3.63) is 0 Å². The fourth-order valence-electron chi connectivity index (χ4n) is 8.14. The maximum Gasteiger partial charge on any atom is 0.168 e. The van der Waals surface area contributed by atoms with Gasteiger partial charge in [-0.2, -0.15) is 0 Å². The van der Waals surface area contributed by atoms with Gasteiger partial charge < -0.3 is 10.2 Å². The van der Waals surface area contributed by atoms with Gasteiger partial charge in [0.2, 0.25) is 0 Å². The number of hydrogen-bond donors (Lipinski definition) is 2. The fraction of sp³-hybridized carbons (Fsp3) is 1.00. The first kappa shape index (κ1) is 16.4. The second-order valence-electron chi connectivity index (χ2n) is 9.87. The normalized spacial score (nSPS) is 54.9. The molecule has 0 radical (unpaired) electrons. The average molecular weight is 321 g/mol. The third kappa shape index (κ3) is 2.00. The van der Waals surface area contributed by atoms with E-state index in [1.807, 2.05) is 0 Å². The van der Waals surface area contributed by atoms with E-state index in [4.69, 9.17) is 0 Å². The van der Waals surface area contributed by atoms with Crippen LogP contribution in [0, 0.1) is 40.4 Å². The van der Waals surface area contributed by atoms with Crippen molar-refractivity contribution in [1.29, 1.82) is 0 Å². The molecule has 0 unspecified atom stereocenters. The van der Waals surface area contributed by atoms with Crippen molar-refractivity contribution in [2.45, 2.75) is 90.8 Å². The van der Waals surface area contributed by atoms with Gasteiger partial charge in [-0.25, -0.2) is 0 Å². The Morgan fingerprint density at radius 3 is 2.39 bits per heavy atom. The molecule has 23 heavy (non-hydrogen) atoms. The summed E-state index contributed by atoms with van der Waals surface area (Å²) >= 11 is 0. The lowest BCUT2D eigenvalue weighted by Gasteiger charge is -2.63. The molecule has 4 saturated carbocycles. The summed E-state index contributed by atoms with van der Waals surface area (Å²) in [7, 11) is 0. The standard InChI is InChI=1S/C21H36O2/c1-4-14-8-10-17-16-9-7-15-6-5-12-21(22,23)20(15,3)18(16)11-13-19(14,17)2/h14-18,22-23H,4-13H2,1-3H3/t14-,15-,16-,17-,18-,19+,20-/m0/s1. The Labute approximate surface area is 142 Å². The van der Waals surface area contributed by atoms with Crippen LogP contribution < -0.4 is 0 Å². The van der Waals surface area contributed by atoms with Crippen LogP contribution in [0.2, 0.25) is 0 Å². The lowest BCUT2D eigenvalue weighted by molar-refractivity contribution is -0.313. The lowest BCUT2D eigenvalue weighted by Crippen LogP contribution is -2.63. The molecule has 0 aromatic heterocycles. The van der Waals surface area contributed by atoms with Crippen LogP contribution in [0.25, 0.3) is 0 Å². The molecule has 2 heteroatoms. The van der Waals surface area contributed by atoms with E-state index < -0.39 is 5.79 Å². The van der Waals surface area contributed by atoms with Crippen molar-refractivity contribution >= 4 is 0 Å². The SMILES string of the molecule is CC[C@H]1CC[C@H]2[C@@H]3CC[C@@H]4CCCC(O)(O)[C@]4(C)[C@H]3CC[C@]12C. The topological polar surface area (TPSA) is 40.5 Å². The first-order chi connectivity index (χ1) is 10.8. The molecule has 7 atom stereocenters. The quantitative estimate of drug-likeness (QED) is 0.685. The zero-order chi connectivity index (χ0) is 16.5. The second kappa shape index (κ2) is 5.21. The van der Waals surface area contributed by atoms with Crippen molar-refractivity contribution in [2.75, 3.05) is 0 Å². The highest BCUT2D eigenvalue weighted by Gasteiger charge is 2.65. The zero-order valence-corrected chi connectivity index (χ0v) is 15.4. The van der Waals surface area contributed by atoms with Gasteiger partial charge in [0.15, 0.2) is 5.79 Å². The zero-order valence-electron chi connectivity index (χ0n) is 15.4. The maximum atomic E-state index is 10.9. The van der Waals surface area contributed by atoms with Crippen LogP contribution >= 0.6 is 0 Å². The summed E-state index contributed by atoms with van der Waals surface area (Å²) in [5.74, 6) is 2.10. The van der Waals surface area contributed by atoms with Gasteiger partial charge in [-0.05, 0) is 86.4 Å². The van der Waals surface area contributed by atoms with Crippen LogP contribution in [0.5, 0.6) is 0 Å². The lowest BCUT2D eigenvalue weighted by atomic mass is 9.43. The van der Waals surface area contributed by atoms with Crippen LogP contribution in [-0.4, -0.2) is 16.0 Å². The van der Waals surface area contributed by atoms with Crippen molar-refractivity contribution in [1.82, 2.24) is 0 Å². The van der Waals surface area contributed by atoms with Crippen molar-refractivity contribution in [2.24, 2.45) is 40.4 Å². The molecule has 0 saturated heterocycles. The third-order valence-corrected chi connectivity index (χ3v) is 9.53. The van der Waals surface area contributed by atoms with Crippen LogP contribution in [-0.2, 0) is 0 Å². The van der Waals surface area contributed by atoms with E-state index in [0.717, 1.165) is 24.2 Å². The predicted octanol–water partition coefficient (Wildman–Crippen LogP) is 4.74. The summed E-state index contributed by atoms with van der Waals surface area (Å²) in [5.41, 5.74) is 0.265. The molecular formula is C21H36O2. The van der Waals surface area contributed by atoms with E-state index in [1.165, 1.54) is 51.4 Å². The molecule has 0 aromatic carbocycles. The van der Waals surface area contributed by atoms with Gasteiger partial charge in [-0.15, -0.1) is 0 Å². The second-order valence-corrected chi connectivity index (χ2v) is 9.87. The maximum absolute atomic E-state index is 10.9. The highest BCUT2D eigenvalue weighted by Crippen LogP contribution is 2.69. The smallest absolute Gasteiger partial charge is 0.168 e. The molecule has 132 valence electrons. The number of fused-ring (bicyclic) bond motifs is 5. The minimum absolute atomic E-state index is 0.264. The van der Waals surface area contributed by atoms with Crippen LogP contribution in [0.1, 0.15) is 85.0 Å². The van der Waals surface area contributed by atoms with Crippen molar-refractivity contribution < 1.29 is 10.2 Å². The van der Waals surface area contributed by atoms with Crippen LogP contribution in [0.15, 0.2) is 0 Å². The van der Waals surface area contributed by atoms with Gasteiger partial charge in [0.1, 0.15) is 0 Å². The summed E-state index contributed by atoms with van der Waals surface area (Å²) in [4.78, 5) is 0. The molecule has 0 aliphatic heterocycles. The molecular weight excluding hydrogens is 284 g/mol. The van der Waals surface area contributed by atoms with Crippen molar-refractivity contribution in [3.8, 4) is 0 Å². The summed E-state index contributed by atoms with van der Waals surface area (Å²) in [6, 6.07) is 0. The summed E-state index contributed by atoms with van der Waals surface area (Å²) < 4.78 is 0. The third-order valence-electron chi connectivity index (χ3n) is 9.53. The highest BCUT2D eigenvalue weighted by molar-refractivity contribution is 5.11. The monoisotopic (exact) mass is 320 g/mol. The summed E-state index contributed by atoms with van der Waals surface area (Å²) in [5, 5.41) is 21.9. The molecule has 0 heterocycles. The van der Waals surface area contributed by atoms with E-state index in [1.54, 1.807) is 0 Å². The Hall–Kier alpha value is -0.0800. The largest absolute Gasteiger partial charge is 0.365 e. The van der Waals surface area contributed by atoms with E-state index in [0.29, 0.717) is 23.7 Å². The van der Waals surface area contributed by atoms with E-state index in [-0.39, 0.29) is 5.41 Å². The van der Waals surface area contributed by atoms with Crippen LogP contribution in [0.3, 0.4) is 0 Å². The minimum Gasteiger partial charge on any atom is -0.365 e. The molecule has 4 aliphatic rings. The van der Waals surface area contributed by atoms with Crippen LogP contribution in [0.4, 0.5) is 0 Å². The van der Waals surface area contributed by atoms with Gasteiger partial charge in [-0.1, -0.05) is 27.2 Å². The molecule has 4 aliphatic carbocycles. The van der Waals surface area contributed by atoms with Gasteiger partial charge >= 0.3 is 0 Å². The Kier molecular flexibility index (Phi) is 3.71. The molecule has 0 amide bonds. The first-order valence-corrected chi connectivity index (χ1v) is 10.3. The summed E-state index contributed by atoms with van der Waals surface area (Å²) in [6.45, 7) is 7.17. The Balaban J connectivity index is 1.68. The molecule has 2 N–H and O–H groups in total. The van der Waals surface area contributed by atoms with Gasteiger partial charge in [0.05, 0.1) is 0 Å². The number of hydrogen-bond acceptors (Lipinski definition) is 2. The fourth-order valence-corrected chi connectivity index (χ4v) is 8.14. The Morgan fingerprint density at radius 2 is 1.65 bits per heavy atom. The predicted molar refractivity (Wildman–Crippen MR) is 92.7 cm³/mol. The first-order valence-electron chi connectivity index (χ1n) is 10.3. The van der Waals surface area contributed by atoms with E-state index >= 15 is 0 Å². The summed E-state index contributed by atoms with van der Waals surface area (Å²) in [6.07, 6.45) is 12.0. The molecule has 0 bridgehead atoms. The van der Waals surface area contributed by atoms with E-state index in [9.17, 15) is 10.2 Å². The van der Waals surface area contributed by atoms with E-state index in [2.05, 4.69) is 20.8 Å². The average Bonchev–Trinajstić information content (AvgIpc) is 2.85. The van der Waals surface area contributed by atoms with Crippen molar-refractivity contribution in [3.63, 3.8) is 0 Å². The van der Waals surface area contributed by atoms with Gasteiger partial charge in [0, 0.05) is 11.8 Å². The molecule has 2 nitrogen and oxygen atoms in total. The molecule has 4 fully saturated rings. The highest BCUT2D eigenvalue weighted by atomic mass is 16.5. The Morgan fingerprint density at radius 1 is 0.870 bits per heavy atom. The van der Waals surface area contributed by atoms with Gasteiger partial charge in [-0.3, -0.25) is 0 Å². The molecule has 4 rings (SSSR count). The van der Waals surface area contributed by atoms with Gasteiger partial charge in [0.25, 0.3) is 0 Å². The minimum atomic E-state index is -1.43. The number of aliphatic hydroxyl groups is 2. The molecule has 0 aromatic rings. The number of rotatable bonds is 1.